The van der Waals surface area contributed by atoms with Crippen LogP contribution in [0.5, 0.6) is 5.75 Å². The number of para-hydroxylation sites is 2. The summed E-state index contributed by atoms with van der Waals surface area (Å²) in [7, 11) is 1.85. The average molecular weight is 458 g/mol. The van der Waals surface area contributed by atoms with E-state index in [1.165, 1.54) is 0 Å². The third kappa shape index (κ3) is 4.94. The Labute approximate surface area is 200 Å². The number of benzene rings is 2. The van der Waals surface area contributed by atoms with Crippen molar-refractivity contribution in [3.63, 3.8) is 0 Å². The molecule has 1 amide bonds. The van der Waals surface area contributed by atoms with Crippen molar-refractivity contribution in [1.82, 2.24) is 19.7 Å². The van der Waals surface area contributed by atoms with Crippen LogP contribution in [0.3, 0.4) is 0 Å². The third-order valence-electron chi connectivity index (χ3n) is 5.98. The van der Waals surface area contributed by atoms with Gasteiger partial charge < -0.3 is 15.0 Å². The molecular weight excluding hydrogens is 426 g/mol. The van der Waals surface area contributed by atoms with E-state index < -0.39 is 0 Å². The molecule has 2 aromatic heterocycles. The predicted molar refractivity (Wildman–Crippen MR) is 136 cm³/mol. The van der Waals surface area contributed by atoms with E-state index in [0.29, 0.717) is 29.3 Å². The number of aryl methyl sites for hydroxylation is 2. The summed E-state index contributed by atoms with van der Waals surface area (Å²) in [6, 6.07) is 19.2. The molecule has 0 saturated heterocycles. The first-order chi connectivity index (χ1) is 16.5. The van der Waals surface area contributed by atoms with Crippen LogP contribution in [-0.2, 0) is 7.05 Å². The van der Waals surface area contributed by atoms with E-state index in [0.717, 1.165) is 42.0 Å². The highest BCUT2D eigenvalue weighted by Crippen LogP contribution is 2.29. The molecule has 1 N–H and O–H groups in total. The fourth-order valence-corrected chi connectivity index (χ4v) is 4.09. The zero-order chi connectivity index (χ0) is 24.1. The van der Waals surface area contributed by atoms with E-state index >= 15 is 0 Å². The summed E-state index contributed by atoms with van der Waals surface area (Å²) in [6.07, 6.45) is 0. The van der Waals surface area contributed by atoms with Gasteiger partial charge in [-0.3, -0.25) is 9.48 Å². The van der Waals surface area contributed by atoms with Gasteiger partial charge in [0.2, 0.25) is 0 Å². The van der Waals surface area contributed by atoms with Crippen LogP contribution in [0, 0.1) is 6.92 Å². The highest BCUT2D eigenvalue weighted by Gasteiger charge is 2.20. The summed E-state index contributed by atoms with van der Waals surface area (Å²) < 4.78 is 7.75. The van der Waals surface area contributed by atoms with Gasteiger partial charge in [0.25, 0.3) is 5.91 Å². The van der Waals surface area contributed by atoms with E-state index in [4.69, 9.17) is 9.72 Å². The second-order valence-electron chi connectivity index (χ2n) is 8.15. The number of ether oxygens (including phenoxy) is 1. The number of fused-ring (bicyclic) bond motifs is 1. The van der Waals surface area contributed by atoms with Gasteiger partial charge in [0.15, 0.2) is 5.65 Å². The number of nitrogens with zero attached hydrogens (tertiary/aromatic N) is 4. The monoisotopic (exact) mass is 457 g/mol. The lowest BCUT2D eigenvalue weighted by Gasteiger charge is -2.19. The molecule has 4 aromatic rings. The van der Waals surface area contributed by atoms with Gasteiger partial charge in [0, 0.05) is 19.2 Å². The molecule has 4 rings (SSSR count). The Balaban J connectivity index is 1.65. The quantitative estimate of drug-likeness (QED) is 0.386. The largest absolute Gasteiger partial charge is 0.490 e. The molecule has 7 heteroatoms. The smallest absolute Gasteiger partial charge is 0.256 e. The van der Waals surface area contributed by atoms with Crippen molar-refractivity contribution in [2.24, 2.45) is 7.05 Å². The summed E-state index contributed by atoms with van der Waals surface area (Å²) in [6.45, 7) is 9.50. The number of anilines is 1. The van der Waals surface area contributed by atoms with Crippen molar-refractivity contribution in [1.29, 1.82) is 0 Å². The van der Waals surface area contributed by atoms with Crippen molar-refractivity contribution < 1.29 is 9.53 Å². The predicted octanol–water partition coefficient (Wildman–Crippen LogP) is 4.92. The maximum absolute atomic E-state index is 13.6. The normalized spacial score (nSPS) is 11.2. The van der Waals surface area contributed by atoms with Crippen molar-refractivity contribution in [3.05, 3.63) is 71.9 Å². The Bertz CT molecular complexity index is 1280. The van der Waals surface area contributed by atoms with Crippen LogP contribution < -0.4 is 10.1 Å². The van der Waals surface area contributed by atoms with E-state index in [1.54, 1.807) is 4.68 Å². The van der Waals surface area contributed by atoms with Crippen LogP contribution in [0.4, 0.5) is 5.69 Å². The number of hydrogen-bond donors (Lipinski definition) is 1. The van der Waals surface area contributed by atoms with Crippen molar-refractivity contribution >= 4 is 22.6 Å². The molecule has 0 unspecified atom stereocenters. The molecule has 0 radical (unpaired) electrons. The lowest BCUT2D eigenvalue weighted by Crippen LogP contribution is -2.28. The van der Waals surface area contributed by atoms with E-state index in [-0.39, 0.29) is 5.91 Å². The number of nitrogens with one attached hydrogen (secondary N) is 1. The standard InChI is InChI=1S/C27H31N5O2/c1-5-32(6-2)16-17-34-24-15-11-10-14-22(24)29-27(33)21-18-23(20-12-8-7-9-13-20)28-26-25(21)19(3)30-31(26)4/h7-15,18H,5-6,16-17H2,1-4H3,(H,29,33). The maximum Gasteiger partial charge on any atom is 0.256 e. The van der Waals surface area contributed by atoms with E-state index in [9.17, 15) is 4.79 Å². The van der Waals surface area contributed by atoms with Gasteiger partial charge in [-0.05, 0) is 38.2 Å². The molecule has 34 heavy (non-hydrogen) atoms. The minimum absolute atomic E-state index is 0.222. The van der Waals surface area contributed by atoms with Crippen LogP contribution >= 0.6 is 0 Å². The third-order valence-corrected chi connectivity index (χ3v) is 5.98. The maximum atomic E-state index is 13.6. The number of likely N-dealkylation sites (N-methyl/N-ethyl adjacent to an activating group) is 1. The Kier molecular flexibility index (Phi) is 7.23. The minimum atomic E-state index is -0.222. The summed E-state index contributed by atoms with van der Waals surface area (Å²) in [5, 5.41) is 8.32. The summed E-state index contributed by atoms with van der Waals surface area (Å²) >= 11 is 0. The van der Waals surface area contributed by atoms with Gasteiger partial charge in [-0.1, -0.05) is 56.3 Å². The Morgan fingerprint density at radius 1 is 1.06 bits per heavy atom. The van der Waals surface area contributed by atoms with Crippen LogP contribution in [0.15, 0.2) is 60.7 Å². The zero-order valence-corrected chi connectivity index (χ0v) is 20.2. The van der Waals surface area contributed by atoms with Crippen molar-refractivity contribution in [2.75, 3.05) is 31.6 Å². The number of aromatic nitrogens is 3. The Morgan fingerprint density at radius 3 is 2.50 bits per heavy atom. The molecule has 0 aliphatic heterocycles. The molecule has 0 aliphatic rings. The van der Waals surface area contributed by atoms with E-state index in [2.05, 4.69) is 29.2 Å². The molecule has 0 atom stereocenters. The van der Waals surface area contributed by atoms with Crippen LogP contribution in [0.2, 0.25) is 0 Å². The second kappa shape index (κ2) is 10.5. The van der Waals surface area contributed by atoms with Gasteiger partial charge in [-0.15, -0.1) is 0 Å². The number of carbonyl (C=O) groups excluding carboxylic acids is 1. The molecule has 0 bridgehead atoms. The van der Waals surface area contributed by atoms with Gasteiger partial charge >= 0.3 is 0 Å². The lowest BCUT2D eigenvalue weighted by atomic mass is 10.0. The first-order valence-electron chi connectivity index (χ1n) is 11.7. The fourth-order valence-electron chi connectivity index (χ4n) is 4.09. The second-order valence-corrected chi connectivity index (χ2v) is 8.15. The summed E-state index contributed by atoms with van der Waals surface area (Å²) in [5.74, 6) is 0.431. The number of amides is 1. The molecule has 0 aliphatic carbocycles. The molecule has 7 nitrogen and oxygen atoms in total. The molecule has 176 valence electrons. The van der Waals surface area contributed by atoms with Crippen LogP contribution in [0.25, 0.3) is 22.3 Å². The minimum Gasteiger partial charge on any atom is -0.490 e. The number of rotatable bonds is 9. The molecule has 0 saturated carbocycles. The molecular formula is C27H31N5O2. The molecule has 2 aromatic carbocycles. The highest BCUT2D eigenvalue weighted by molar-refractivity contribution is 6.13. The van der Waals surface area contributed by atoms with Crippen LogP contribution in [-0.4, -0.2) is 51.8 Å². The van der Waals surface area contributed by atoms with Crippen molar-refractivity contribution in [2.45, 2.75) is 20.8 Å². The van der Waals surface area contributed by atoms with E-state index in [1.807, 2.05) is 74.6 Å². The molecule has 2 heterocycles. The topological polar surface area (TPSA) is 72.3 Å². The SMILES string of the molecule is CCN(CC)CCOc1ccccc1NC(=O)c1cc(-c2ccccc2)nc2c1c(C)nn2C. The summed E-state index contributed by atoms with van der Waals surface area (Å²) in [5.41, 5.74) is 4.28. The first kappa shape index (κ1) is 23.4. The van der Waals surface area contributed by atoms with Gasteiger partial charge in [0.05, 0.1) is 28.0 Å². The van der Waals surface area contributed by atoms with Crippen molar-refractivity contribution in [3.8, 4) is 17.0 Å². The Hall–Kier alpha value is -3.71. The lowest BCUT2D eigenvalue weighted by molar-refractivity contribution is 0.102. The molecule has 0 spiro atoms. The average Bonchev–Trinajstić information content (AvgIpc) is 3.16. The highest BCUT2D eigenvalue weighted by atomic mass is 16.5. The zero-order valence-electron chi connectivity index (χ0n) is 20.2. The fraction of sp³-hybridized carbons (Fsp3) is 0.296. The number of pyridine rings is 1. The number of carbonyl (C=O) groups is 1. The Morgan fingerprint density at radius 2 is 1.76 bits per heavy atom. The number of hydrogen-bond acceptors (Lipinski definition) is 5. The van der Waals surface area contributed by atoms with Gasteiger partial charge in [-0.2, -0.15) is 5.10 Å². The molecule has 0 fully saturated rings. The van der Waals surface area contributed by atoms with Gasteiger partial charge in [0.1, 0.15) is 12.4 Å². The van der Waals surface area contributed by atoms with Crippen LogP contribution in [0.1, 0.15) is 29.9 Å². The van der Waals surface area contributed by atoms with Gasteiger partial charge in [-0.25, -0.2) is 4.98 Å². The summed E-state index contributed by atoms with van der Waals surface area (Å²) in [4.78, 5) is 20.7. The first-order valence-corrected chi connectivity index (χ1v) is 11.7.